The van der Waals surface area contributed by atoms with Crippen LogP contribution in [-0.2, 0) is 10.0 Å². The molecule has 3 aromatic carbocycles. The van der Waals surface area contributed by atoms with Crippen LogP contribution in [0.25, 0.3) is 0 Å². The number of para-hydroxylation sites is 1. The highest BCUT2D eigenvalue weighted by molar-refractivity contribution is 7.92. The first kappa shape index (κ1) is 22.7. The van der Waals surface area contributed by atoms with Crippen molar-refractivity contribution in [2.24, 2.45) is 0 Å². The molecule has 0 unspecified atom stereocenters. The van der Waals surface area contributed by atoms with Crippen LogP contribution in [0.4, 0.5) is 11.4 Å². The van der Waals surface area contributed by atoms with Crippen LogP contribution in [0.5, 0.6) is 5.75 Å². The van der Waals surface area contributed by atoms with E-state index in [1.165, 1.54) is 18.2 Å². The maximum absolute atomic E-state index is 13.0. The Morgan fingerprint density at radius 2 is 1.65 bits per heavy atom. The summed E-state index contributed by atoms with van der Waals surface area (Å²) in [5, 5.41) is 3.24. The molecule has 162 valence electrons. The molecule has 3 aromatic rings. The Kier molecular flexibility index (Phi) is 6.87. The number of halogens is 1. The Hall–Kier alpha value is -3.03. The van der Waals surface area contributed by atoms with E-state index in [2.05, 4.69) is 10.0 Å². The molecule has 0 bridgehead atoms. The van der Waals surface area contributed by atoms with Crippen LogP contribution in [0.3, 0.4) is 0 Å². The molecule has 2 N–H and O–H groups in total. The summed E-state index contributed by atoms with van der Waals surface area (Å²) in [5.74, 6) is -0.0364. The first-order valence-electron chi connectivity index (χ1n) is 9.64. The average Bonchev–Trinajstić information content (AvgIpc) is 2.72. The van der Waals surface area contributed by atoms with Gasteiger partial charge in [0.1, 0.15) is 5.75 Å². The van der Waals surface area contributed by atoms with Gasteiger partial charge in [-0.3, -0.25) is 9.52 Å². The molecule has 0 atom stereocenters. The van der Waals surface area contributed by atoms with Crippen LogP contribution < -0.4 is 14.8 Å². The molecular weight excluding hydrogens is 436 g/mol. The minimum Gasteiger partial charge on any atom is -0.492 e. The van der Waals surface area contributed by atoms with Gasteiger partial charge in [0.25, 0.3) is 15.9 Å². The van der Waals surface area contributed by atoms with E-state index >= 15 is 0 Å². The van der Waals surface area contributed by atoms with Crippen molar-refractivity contribution >= 4 is 38.9 Å². The van der Waals surface area contributed by atoms with Gasteiger partial charge < -0.3 is 10.1 Å². The van der Waals surface area contributed by atoms with Crippen molar-refractivity contribution in [2.75, 3.05) is 16.6 Å². The molecule has 0 radical (unpaired) electrons. The molecule has 0 saturated heterocycles. The molecule has 0 aliphatic carbocycles. The van der Waals surface area contributed by atoms with Crippen molar-refractivity contribution in [2.45, 2.75) is 25.7 Å². The second-order valence-corrected chi connectivity index (χ2v) is 9.04. The van der Waals surface area contributed by atoms with Crippen LogP contribution in [0.15, 0.2) is 65.6 Å². The van der Waals surface area contributed by atoms with Gasteiger partial charge >= 0.3 is 0 Å². The summed E-state index contributed by atoms with van der Waals surface area (Å²) in [6, 6.07) is 16.3. The Labute approximate surface area is 187 Å². The van der Waals surface area contributed by atoms with E-state index in [-0.39, 0.29) is 10.6 Å². The number of carbonyl (C=O) groups excluding carboxylic acids is 1. The predicted molar refractivity (Wildman–Crippen MR) is 124 cm³/mol. The normalized spacial score (nSPS) is 11.1. The topological polar surface area (TPSA) is 84.5 Å². The molecule has 0 heterocycles. The van der Waals surface area contributed by atoms with Crippen molar-refractivity contribution in [1.29, 1.82) is 0 Å². The molecule has 6 nitrogen and oxygen atoms in total. The Bertz CT molecular complexity index is 1190. The van der Waals surface area contributed by atoms with Crippen molar-refractivity contribution in [3.63, 3.8) is 0 Å². The molecule has 0 fully saturated rings. The molecule has 0 aliphatic heterocycles. The summed E-state index contributed by atoms with van der Waals surface area (Å²) in [7, 11) is -3.89. The second-order valence-electron chi connectivity index (χ2n) is 6.92. The number of anilines is 2. The van der Waals surface area contributed by atoms with E-state index in [4.69, 9.17) is 16.3 Å². The van der Waals surface area contributed by atoms with Crippen molar-refractivity contribution in [3.8, 4) is 5.75 Å². The Balaban J connectivity index is 1.95. The maximum Gasteiger partial charge on any atom is 0.261 e. The van der Waals surface area contributed by atoms with Crippen LogP contribution in [0, 0.1) is 13.8 Å². The predicted octanol–water partition coefficient (Wildman–Crippen LogP) is 5.41. The van der Waals surface area contributed by atoms with Gasteiger partial charge in [-0.15, -0.1) is 0 Å². The van der Waals surface area contributed by atoms with Gasteiger partial charge in [-0.1, -0.05) is 29.8 Å². The average molecular weight is 459 g/mol. The summed E-state index contributed by atoms with van der Waals surface area (Å²) < 4.78 is 34.3. The lowest BCUT2D eigenvalue weighted by atomic mass is 10.1. The number of carbonyl (C=O) groups is 1. The van der Waals surface area contributed by atoms with E-state index in [9.17, 15) is 13.2 Å². The van der Waals surface area contributed by atoms with Crippen molar-refractivity contribution in [3.05, 3.63) is 82.4 Å². The monoisotopic (exact) mass is 458 g/mol. The van der Waals surface area contributed by atoms with Gasteiger partial charge in [0.2, 0.25) is 0 Å². The van der Waals surface area contributed by atoms with Crippen molar-refractivity contribution in [1.82, 2.24) is 0 Å². The summed E-state index contributed by atoms with van der Waals surface area (Å²) in [6.45, 7) is 5.83. The SMILES string of the molecule is CCOc1ccc(S(=O)(=O)Nc2c(C)cccc2C)cc1NC(=O)c1ccc(Cl)cc1. The van der Waals surface area contributed by atoms with Crippen LogP contribution >= 0.6 is 11.6 Å². The van der Waals surface area contributed by atoms with Gasteiger partial charge in [-0.05, 0) is 74.4 Å². The van der Waals surface area contributed by atoms with Crippen LogP contribution in [0.1, 0.15) is 28.4 Å². The minimum atomic E-state index is -3.89. The van der Waals surface area contributed by atoms with Crippen LogP contribution in [0.2, 0.25) is 5.02 Å². The summed E-state index contributed by atoms with van der Waals surface area (Å²) in [4.78, 5) is 12.7. The molecule has 0 spiro atoms. The number of nitrogens with one attached hydrogen (secondary N) is 2. The summed E-state index contributed by atoms with van der Waals surface area (Å²) in [6.07, 6.45) is 0. The summed E-state index contributed by atoms with van der Waals surface area (Å²) >= 11 is 5.88. The number of hydrogen-bond donors (Lipinski definition) is 2. The fourth-order valence-corrected chi connectivity index (χ4v) is 4.37. The van der Waals surface area contributed by atoms with Gasteiger partial charge in [0.05, 0.1) is 22.9 Å². The van der Waals surface area contributed by atoms with E-state index in [0.717, 1.165) is 11.1 Å². The summed E-state index contributed by atoms with van der Waals surface area (Å²) in [5.41, 5.74) is 2.79. The third-order valence-corrected chi connectivity index (χ3v) is 6.23. The smallest absolute Gasteiger partial charge is 0.261 e. The molecule has 31 heavy (non-hydrogen) atoms. The molecule has 1 amide bonds. The number of ether oxygens (including phenoxy) is 1. The third-order valence-electron chi connectivity index (χ3n) is 4.63. The quantitative estimate of drug-likeness (QED) is 0.495. The highest BCUT2D eigenvalue weighted by atomic mass is 35.5. The zero-order valence-corrected chi connectivity index (χ0v) is 19.0. The zero-order valence-electron chi connectivity index (χ0n) is 17.4. The standard InChI is InChI=1S/C23H23ClN2O4S/c1-4-30-21-13-12-19(31(28,29)26-22-15(2)6-5-7-16(22)3)14-20(21)25-23(27)17-8-10-18(24)11-9-17/h5-14,26H,4H2,1-3H3,(H,25,27). The lowest BCUT2D eigenvalue weighted by molar-refractivity contribution is 0.102. The number of benzene rings is 3. The number of rotatable bonds is 7. The number of hydrogen-bond acceptors (Lipinski definition) is 4. The highest BCUT2D eigenvalue weighted by Gasteiger charge is 2.20. The third kappa shape index (κ3) is 5.37. The lowest BCUT2D eigenvalue weighted by Gasteiger charge is -2.16. The fraction of sp³-hybridized carbons (Fsp3) is 0.174. The molecule has 0 aromatic heterocycles. The van der Waals surface area contributed by atoms with E-state index in [1.54, 1.807) is 31.2 Å². The molecule has 3 rings (SSSR count). The number of sulfonamides is 1. The van der Waals surface area contributed by atoms with Gasteiger partial charge in [-0.25, -0.2) is 8.42 Å². The molecule has 0 saturated carbocycles. The van der Waals surface area contributed by atoms with Crippen molar-refractivity contribution < 1.29 is 17.9 Å². The molecule has 0 aliphatic rings. The lowest BCUT2D eigenvalue weighted by Crippen LogP contribution is -2.17. The Morgan fingerprint density at radius 3 is 2.26 bits per heavy atom. The largest absolute Gasteiger partial charge is 0.492 e. The Morgan fingerprint density at radius 1 is 1.00 bits per heavy atom. The first-order chi connectivity index (χ1) is 14.7. The second kappa shape index (κ2) is 9.41. The zero-order chi connectivity index (χ0) is 22.6. The van der Waals surface area contributed by atoms with Gasteiger partial charge in [0, 0.05) is 10.6 Å². The fourth-order valence-electron chi connectivity index (χ4n) is 3.02. The first-order valence-corrected chi connectivity index (χ1v) is 11.5. The van der Waals surface area contributed by atoms with Gasteiger partial charge in [0.15, 0.2) is 0 Å². The molecule has 8 heteroatoms. The van der Waals surface area contributed by atoms with E-state index in [1.807, 2.05) is 32.0 Å². The highest BCUT2D eigenvalue weighted by Crippen LogP contribution is 2.30. The van der Waals surface area contributed by atoms with Gasteiger partial charge in [-0.2, -0.15) is 0 Å². The number of aryl methyl sites for hydroxylation is 2. The van der Waals surface area contributed by atoms with E-state index in [0.29, 0.717) is 28.6 Å². The maximum atomic E-state index is 13.0. The van der Waals surface area contributed by atoms with E-state index < -0.39 is 15.9 Å². The minimum absolute atomic E-state index is 0.00464. The van der Waals surface area contributed by atoms with Crippen LogP contribution in [-0.4, -0.2) is 20.9 Å². The number of amides is 1. The molecular formula is C23H23ClN2O4S.